The number of halogens is 1. The van der Waals surface area contributed by atoms with E-state index < -0.39 is 0 Å². The summed E-state index contributed by atoms with van der Waals surface area (Å²) in [5.74, 6) is 0.886. The Morgan fingerprint density at radius 1 is 1.25 bits per heavy atom. The quantitative estimate of drug-likeness (QED) is 0.597. The first kappa shape index (κ1) is 15.5. The first-order valence-corrected chi connectivity index (χ1v) is 9.05. The maximum absolute atomic E-state index is 4.59. The molecule has 0 radical (unpaired) electrons. The van der Waals surface area contributed by atoms with Crippen LogP contribution in [0.5, 0.6) is 0 Å². The van der Waals surface area contributed by atoms with E-state index in [1.165, 1.54) is 13.5 Å². The number of aliphatic imine (C=N–C) groups is 1. The smallest absolute Gasteiger partial charge is 0.191 e. The molecule has 0 bridgehead atoms. The van der Waals surface area contributed by atoms with Gasteiger partial charge in [0.15, 0.2) is 5.96 Å². The maximum Gasteiger partial charge on any atom is 0.191 e. The number of hydrogen-bond donors (Lipinski definition) is 2. The topological polar surface area (TPSA) is 36.4 Å². The number of nitrogens with one attached hydrogen (secondary N) is 2. The predicted octanol–water partition coefficient (Wildman–Crippen LogP) is 3.87. The lowest BCUT2D eigenvalue weighted by Crippen LogP contribution is -2.38. The fourth-order valence-electron chi connectivity index (χ4n) is 1.69. The van der Waals surface area contributed by atoms with Crippen molar-refractivity contribution in [2.24, 2.45) is 4.99 Å². The van der Waals surface area contributed by atoms with Gasteiger partial charge >= 0.3 is 0 Å². The summed E-state index contributed by atoms with van der Waals surface area (Å²) in [5, 5.41) is 8.73. The molecular formula is C14H18BrN3S2. The highest BCUT2D eigenvalue weighted by Crippen LogP contribution is 2.22. The van der Waals surface area contributed by atoms with Crippen molar-refractivity contribution in [2.45, 2.75) is 19.9 Å². The maximum atomic E-state index is 4.59. The molecule has 2 rings (SSSR count). The molecule has 0 atom stereocenters. The molecule has 2 aromatic heterocycles. The monoisotopic (exact) mass is 371 g/mol. The van der Waals surface area contributed by atoms with Gasteiger partial charge < -0.3 is 10.6 Å². The molecule has 0 aliphatic rings. The van der Waals surface area contributed by atoms with Gasteiger partial charge in [0, 0.05) is 22.8 Å². The van der Waals surface area contributed by atoms with Gasteiger partial charge in [-0.2, -0.15) is 0 Å². The number of nitrogens with zero attached hydrogens (tertiary/aromatic N) is 1. The molecular weight excluding hydrogens is 354 g/mol. The summed E-state index contributed by atoms with van der Waals surface area (Å²) in [5.41, 5.74) is 0. The highest BCUT2D eigenvalue weighted by molar-refractivity contribution is 9.11. The van der Waals surface area contributed by atoms with Crippen molar-refractivity contribution in [1.29, 1.82) is 0 Å². The minimum absolute atomic E-state index is 0.734. The van der Waals surface area contributed by atoms with Crippen LogP contribution in [-0.2, 0) is 13.0 Å². The zero-order valence-electron chi connectivity index (χ0n) is 11.4. The highest BCUT2D eigenvalue weighted by Gasteiger charge is 2.00. The summed E-state index contributed by atoms with van der Waals surface area (Å²) in [7, 11) is 0. The molecule has 0 spiro atoms. The Labute approximate surface area is 136 Å². The van der Waals surface area contributed by atoms with Crippen LogP contribution in [0.25, 0.3) is 0 Å². The van der Waals surface area contributed by atoms with Crippen LogP contribution in [0, 0.1) is 0 Å². The summed E-state index contributed by atoms with van der Waals surface area (Å²) in [4.78, 5) is 7.25. The van der Waals surface area contributed by atoms with Crippen LogP contribution in [0.3, 0.4) is 0 Å². The minimum atomic E-state index is 0.734. The molecule has 20 heavy (non-hydrogen) atoms. The molecule has 0 unspecified atom stereocenters. The van der Waals surface area contributed by atoms with Crippen molar-refractivity contribution in [3.8, 4) is 0 Å². The van der Waals surface area contributed by atoms with Crippen molar-refractivity contribution in [2.75, 3.05) is 13.1 Å². The third-order valence-electron chi connectivity index (χ3n) is 2.61. The van der Waals surface area contributed by atoms with Crippen LogP contribution in [0.4, 0.5) is 0 Å². The fraction of sp³-hybridized carbons (Fsp3) is 0.357. The molecule has 2 aromatic rings. The van der Waals surface area contributed by atoms with E-state index in [-0.39, 0.29) is 0 Å². The SMILES string of the molecule is CCNC(=NCc1cccs1)NCCc1ccc(Br)s1. The van der Waals surface area contributed by atoms with Gasteiger partial charge in [-0.1, -0.05) is 6.07 Å². The van der Waals surface area contributed by atoms with Crippen molar-refractivity contribution in [1.82, 2.24) is 10.6 Å². The summed E-state index contributed by atoms with van der Waals surface area (Å²) < 4.78 is 1.19. The van der Waals surface area contributed by atoms with E-state index >= 15 is 0 Å². The van der Waals surface area contributed by atoms with E-state index in [4.69, 9.17) is 0 Å². The van der Waals surface area contributed by atoms with Gasteiger partial charge in [0.1, 0.15) is 0 Å². The molecule has 2 heterocycles. The lowest BCUT2D eigenvalue weighted by atomic mass is 10.3. The summed E-state index contributed by atoms with van der Waals surface area (Å²) in [6.45, 7) is 4.58. The van der Waals surface area contributed by atoms with Crippen molar-refractivity contribution >= 4 is 44.6 Å². The lowest BCUT2D eigenvalue weighted by molar-refractivity contribution is 0.806. The second kappa shape index (κ2) is 8.44. The van der Waals surface area contributed by atoms with Gasteiger partial charge in [-0.15, -0.1) is 22.7 Å². The van der Waals surface area contributed by atoms with Crippen LogP contribution in [0.15, 0.2) is 38.4 Å². The fourth-order valence-corrected chi connectivity index (χ4v) is 3.80. The predicted molar refractivity (Wildman–Crippen MR) is 92.9 cm³/mol. The second-order valence-corrected chi connectivity index (χ2v) is 7.74. The van der Waals surface area contributed by atoms with Crippen molar-refractivity contribution in [3.05, 3.63) is 43.2 Å². The summed E-state index contributed by atoms with van der Waals surface area (Å²) in [6.07, 6.45) is 1.01. The Kier molecular flexibility index (Phi) is 6.56. The van der Waals surface area contributed by atoms with E-state index in [0.717, 1.165) is 32.0 Å². The van der Waals surface area contributed by atoms with Gasteiger partial charge in [0.2, 0.25) is 0 Å². The van der Waals surface area contributed by atoms with Gasteiger partial charge in [-0.3, -0.25) is 0 Å². The van der Waals surface area contributed by atoms with Gasteiger partial charge in [0.25, 0.3) is 0 Å². The van der Waals surface area contributed by atoms with Crippen LogP contribution in [-0.4, -0.2) is 19.0 Å². The Morgan fingerprint density at radius 3 is 2.80 bits per heavy atom. The average Bonchev–Trinajstić information content (AvgIpc) is 3.08. The van der Waals surface area contributed by atoms with Crippen molar-refractivity contribution in [3.63, 3.8) is 0 Å². The second-order valence-electron chi connectivity index (χ2n) is 4.16. The molecule has 0 aromatic carbocycles. The first-order valence-electron chi connectivity index (χ1n) is 6.56. The third kappa shape index (κ3) is 5.26. The molecule has 0 amide bonds. The Morgan fingerprint density at radius 2 is 2.15 bits per heavy atom. The molecule has 6 heteroatoms. The van der Waals surface area contributed by atoms with E-state index in [0.29, 0.717) is 0 Å². The van der Waals surface area contributed by atoms with Crippen molar-refractivity contribution < 1.29 is 0 Å². The van der Waals surface area contributed by atoms with Gasteiger partial charge in [0.05, 0.1) is 10.3 Å². The van der Waals surface area contributed by atoms with Gasteiger partial charge in [-0.05, 0) is 52.9 Å². The molecule has 0 aliphatic heterocycles. The molecule has 0 saturated heterocycles. The van der Waals surface area contributed by atoms with E-state index in [2.05, 4.69) is 68.1 Å². The summed E-state index contributed by atoms with van der Waals surface area (Å²) in [6, 6.07) is 8.42. The average molecular weight is 372 g/mol. The minimum Gasteiger partial charge on any atom is -0.357 e. The number of hydrogen-bond acceptors (Lipinski definition) is 3. The Bertz CT molecular complexity index is 534. The van der Waals surface area contributed by atoms with Gasteiger partial charge in [-0.25, -0.2) is 4.99 Å². The molecule has 0 fully saturated rings. The molecule has 2 N–H and O–H groups in total. The van der Waals surface area contributed by atoms with Crippen LogP contribution in [0.1, 0.15) is 16.7 Å². The number of rotatable bonds is 6. The number of guanidine groups is 1. The lowest BCUT2D eigenvalue weighted by Gasteiger charge is -2.10. The van der Waals surface area contributed by atoms with Crippen LogP contribution < -0.4 is 10.6 Å². The molecule has 0 saturated carbocycles. The third-order valence-corrected chi connectivity index (χ3v) is 5.15. The zero-order valence-corrected chi connectivity index (χ0v) is 14.6. The van der Waals surface area contributed by atoms with Crippen LogP contribution >= 0.6 is 38.6 Å². The van der Waals surface area contributed by atoms with E-state index in [1.807, 2.05) is 0 Å². The largest absolute Gasteiger partial charge is 0.357 e. The first-order chi connectivity index (χ1) is 9.78. The van der Waals surface area contributed by atoms with Crippen LogP contribution in [0.2, 0.25) is 0 Å². The Balaban J connectivity index is 1.80. The number of thiophene rings is 2. The molecule has 3 nitrogen and oxygen atoms in total. The molecule has 0 aliphatic carbocycles. The highest BCUT2D eigenvalue weighted by atomic mass is 79.9. The molecule has 108 valence electrons. The normalized spacial score (nSPS) is 11.6. The van der Waals surface area contributed by atoms with E-state index in [1.54, 1.807) is 22.7 Å². The Hall–Kier alpha value is -0.850. The zero-order chi connectivity index (χ0) is 14.2. The standard InChI is InChI=1S/C14H18BrN3S2/c1-2-16-14(18-10-12-4-3-9-19-12)17-8-7-11-5-6-13(15)20-11/h3-6,9H,2,7-8,10H2,1H3,(H2,16,17,18). The summed E-state index contributed by atoms with van der Waals surface area (Å²) >= 11 is 7.01. The van der Waals surface area contributed by atoms with E-state index in [9.17, 15) is 0 Å².